The summed E-state index contributed by atoms with van der Waals surface area (Å²) < 4.78 is 0. The predicted octanol–water partition coefficient (Wildman–Crippen LogP) is -0.00980. The standard InChI is InChI=1S/C11H16N6O3/c1-16(6-11(18)13-7-2-3-7)10-5-8(17(19)20)4-9(14-10)15-12/h4-5,7H,2-3,6,12H2,1H3,(H,13,18)(H,14,15). The molecular formula is C11H16N6O3. The fourth-order valence-corrected chi connectivity index (χ4v) is 1.67. The van der Waals surface area contributed by atoms with E-state index in [1.807, 2.05) is 0 Å². The zero-order valence-electron chi connectivity index (χ0n) is 11.0. The molecule has 0 bridgehead atoms. The number of carbonyl (C=O) groups is 1. The maximum Gasteiger partial charge on any atom is 0.276 e. The van der Waals surface area contributed by atoms with Crippen molar-refractivity contribution in [2.24, 2.45) is 5.84 Å². The van der Waals surface area contributed by atoms with E-state index in [0.717, 1.165) is 12.8 Å². The number of aromatic nitrogens is 1. The maximum atomic E-state index is 11.7. The summed E-state index contributed by atoms with van der Waals surface area (Å²) >= 11 is 0. The van der Waals surface area contributed by atoms with Gasteiger partial charge in [0.25, 0.3) is 5.69 Å². The predicted molar refractivity (Wildman–Crippen MR) is 73.1 cm³/mol. The van der Waals surface area contributed by atoms with E-state index in [2.05, 4.69) is 15.7 Å². The van der Waals surface area contributed by atoms with Gasteiger partial charge in [0.2, 0.25) is 5.91 Å². The molecule has 0 atom stereocenters. The number of hydrogen-bond donors (Lipinski definition) is 3. The minimum Gasteiger partial charge on any atom is -0.352 e. The van der Waals surface area contributed by atoms with Crippen LogP contribution < -0.4 is 21.5 Å². The van der Waals surface area contributed by atoms with E-state index >= 15 is 0 Å². The number of rotatable bonds is 6. The largest absolute Gasteiger partial charge is 0.352 e. The number of likely N-dealkylation sites (N-methyl/N-ethyl adjacent to an activating group) is 1. The normalized spacial score (nSPS) is 13.7. The molecular weight excluding hydrogens is 264 g/mol. The van der Waals surface area contributed by atoms with Crippen molar-refractivity contribution in [3.8, 4) is 0 Å². The van der Waals surface area contributed by atoms with Crippen molar-refractivity contribution < 1.29 is 9.72 Å². The molecule has 0 saturated heterocycles. The number of nitrogens with one attached hydrogen (secondary N) is 2. The summed E-state index contributed by atoms with van der Waals surface area (Å²) in [6, 6.07) is 2.79. The van der Waals surface area contributed by atoms with Crippen LogP contribution in [-0.2, 0) is 4.79 Å². The molecule has 1 amide bonds. The lowest BCUT2D eigenvalue weighted by Gasteiger charge is -2.18. The van der Waals surface area contributed by atoms with Gasteiger partial charge in [0.05, 0.1) is 23.6 Å². The lowest BCUT2D eigenvalue weighted by Crippen LogP contribution is -2.36. The Morgan fingerprint density at radius 2 is 2.30 bits per heavy atom. The van der Waals surface area contributed by atoms with Gasteiger partial charge in [-0.1, -0.05) is 0 Å². The molecule has 0 spiro atoms. The van der Waals surface area contributed by atoms with Gasteiger partial charge in [-0.05, 0) is 12.8 Å². The Kier molecular flexibility index (Phi) is 3.99. The number of hydrogen-bond acceptors (Lipinski definition) is 7. The average molecular weight is 280 g/mol. The highest BCUT2D eigenvalue weighted by Gasteiger charge is 2.24. The number of nitrogens with zero attached hydrogens (tertiary/aromatic N) is 3. The van der Waals surface area contributed by atoms with E-state index in [9.17, 15) is 14.9 Å². The third kappa shape index (κ3) is 3.54. The molecule has 9 heteroatoms. The molecule has 4 N–H and O–H groups in total. The van der Waals surface area contributed by atoms with Gasteiger partial charge >= 0.3 is 0 Å². The van der Waals surface area contributed by atoms with Gasteiger partial charge in [0, 0.05) is 13.1 Å². The molecule has 1 aromatic heterocycles. The number of nitrogens with two attached hydrogens (primary N) is 1. The van der Waals surface area contributed by atoms with E-state index in [1.165, 1.54) is 17.0 Å². The van der Waals surface area contributed by atoms with E-state index in [-0.39, 0.29) is 30.0 Å². The highest BCUT2D eigenvalue weighted by atomic mass is 16.6. The van der Waals surface area contributed by atoms with Crippen LogP contribution in [0, 0.1) is 10.1 Å². The van der Waals surface area contributed by atoms with E-state index in [1.54, 1.807) is 7.05 Å². The van der Waals surface area contributed by atoms with Crippen LogP contribution in [0.5, 0.6) is 0 Å². The molecule has 1 aliphatic carbocycles. The second kappa shape index (κ2) is 5.70. The lowest BCUT2D eigenvalue weighted by atomic mass is 10.3. The Balaban J connectivity index is 2.10. The summed E-state index contributed by atoms with van der Waals surface area (Å²) in [5, 5.41) is 13.7. The van der Waals surface area contributed by atoms with Crippen molar-refractivity contribution in [1.29, 1.82) is 0 Å². The van der Waals surface area contributed by atoms with Crippen molar-refractivity contribution in [2.75, 3.05) is 23.9 Å². The molecule has 0 radical (unpaired) electrons. The molecule has 9 nitrogen and oxygen atoms in total. The second-order valence-corrected chi connectivity index (χ2v) is 4.67. The monoisotopic (exact) mass is 280 g/mol. The number of nitro groups is 1. The van der Waals surface area contributed by atoms with E-state index in [0.29, 0.717) is 5.82 Å². The van der Waals surface area contributed by atoms with Crippen molar-refractivity contribution in [2.45, 2.75) is 18.9 Å². The van der Waals surface area contributed by atoms with Crippen molar-refractivity contribution in [3.05, 3.63) is 22.2 Å². The van der Waals surface area contributed by atoms with Crippen LogP contribution in [-0.4, -0.2) is 35.4 Å². The molecule has 0 unspecified atom stereocenters. The number of carbonyl (C=O) groups excluding carboxylic acids is 1. The summed E-state index contributed by atoms with van der Waals surface area (Å²) in [6.45, 7) is 0.0781. The summed E-state index contributed by atoms with van der Waals surface area (Å²) in [6.07, 6.45) is 2.01. The first-order chi connectivity index (χ1) is 9.49. The van der Waals surface area contributed by atoms with Crippen LogP contribution in [0.3, 0.4) is 0 Å². The van der Waals surface area contributed by atoms with Crippen LogP contribution in [0.4, 0.5) is 17.3 Å². The van der Waals surface area contributed by atoms with Gasteiger partial charge in [-0.25, -0.2) is 10.8 Å². The number of nitrogen functional groups attached to an aromatic ring is 1. The highest BCUT2D eigenvalue weighted by molar-refractivity contribution is 5.81. The van der Waals surface area contributed by atoms with Crippen molar-refractivity contribution >= 4 is 23.2 Å². The fraction of sp³-hybridized carbons (Fsp3) is 0.455. The van der Waals surface area contributed by atoms with Gasteiger partial charge in [0.15, 0.2) is 0 Å². The van der Waals surface area contributed by atoms with Crippen LogP contribution in [0.1, 0.15) is 12.8 Å². The van der Waals surface area contributed by atoms with Gasteiger partial charge in [-0.2, -0.15) is 0 Å². The molecule has 0 aromatic carbocycles. The molecule has 0 aliphatic heterocycles. The smallest absolute Gasteiger partial charge is 0.276 e. The van der Waals surface area contributed by atoms with Crippen LogP contribution >= 0.6 is 0 Å². The molecule has 1 heterocycles. The number of pyridine rings is 1. The quantitative estimate of drug-likeness (QED) is 0.380. The van der Waals surface area contributed by atoms with Gasteiger partial charge in [-0.3, -0.25) is 14.9 Å². The zero-order valence-corrected chi connectivity index (χ0v) is 11.0. The summed E-state index contributed by atoms with van der Waals surface area (Å²) in [7, 11) is 1.64. The summed E-state index contributed by atoms with van der Waals surface area (Å²) in [4.78, 5) is 27.6. The van der Waals surface area contributed by atoms with Crippen LogP contribution in [0.25, 0.3) is 0 Å². The Bertz CT molecular complexity index is 531. The molecule has 2 rings (SSSR count). The second-order valence-electron chi connectivity index (χ2n) is 4.67. The molecule has 1 aromatic rings. The molecule has 1 fully saturated rings. The number of hydrazine groups is 1. The van der Waals surface area contributed by atoms with Crippen LogP contribution in [0.15, 0.2) is 12.1 Å². The number of anilines is 2. The minimum absolute atomic E-state index is 0.0781. The molecule has 20 heavy (non-hydrogen) atoms. The van der Waals surface area contributed by atoms with E-state index < -0.39 is 4.92 Å². The molecule has 1 saturated carbocycles. The van der Waals surface area contributed by atoms with Crippen molar-refractivity contribution in [3.63, 3.8) is 0 Å². The number of amides is 1. The van der Waals surface area contributed by atoms with Gasteiger partial charge in [-0.15, -0.1) is 0 Å². The Labute approximate surface area is 115 Å². The lowest BCUT2D eigenvalue weighted by molar-refractivity contribution is -0.384. The summed E-state index contributed by atoms with van der Waals surface area (Å²) in [5.41, 5.74) is 2.13. The highest BCUT2D eigenvalue weighted by Crippen LogP contribution is 2.22. The Hall–Kier alpha value is -2.42. The van der Waals surface area contributed by atoms with E-state index in [4.69, 9.17) is 5.84 Å². The zero-order chi connectivity index (χ0) is 14.7. The Morgan fingerprint density at radius 1 is 1.60 bits per heavy atom. The van der Waals surface area contributed by atoms with Gasteiger partial charge in [0.1, 0.15) is 11.6 Å². The minimum atomic E-state index is -0.538. The fourth-order valence-electron chi connectivity index (χ4n) is 1.67. The molecule has 108 valence electrons. The Morgan fingerprint density at radius 3 is 2.85 bits per heavy atom. The molecule has 1 aliphatic rings. The maximum absolute atomic E-state index is 11.7. The van der Waals surface area contributed by atoms with Gasteiger partial charge < -0.3 is 15.6 Å². The first-order valence-electron chi connectivity index (χ1n) is 6.13. The third-order valence-electron chi connectivity index (χ3n) is 2.87. The van der Waals surface area contributed by atoms with Crippen molar-refractivity contribution in [1.82, 2.24) is 10.3 Å². The summed E-state index contributed by atoms with van der Waals surface area (Å²) in [5.74, 6) is 5.57. The SMILES string of the molecule is CN(CC(=O)NC1CC1)c1cc([N+](=O)[O-])cc(NN)n1. The first kappa shape index (κ1) is 14.0. The average Bonchev–Trinajstić information content (AvgIpc) is 3.21. The topological polar surface area (TPSA) is 126 Å². The van der Waals surface area contributed by atoms with Crippen LogP contribution in [0.2, 0.25) is 0 Å². The first-order valence-corrected chi connectivity index (χ1v) is 6.13. The third-order valence-corrected chi connectivity index (χ3v) is 2.87.